The number of morpholine rings is 1. The minimum Gasteiger partial charge on any atom is -0.373 e. The van der Waals surface area contributed by atoms with Gasteiger partial charge in [0.05, 0.1) is 12.2 Å². The van der Waals surface area contributed by atoms with Gasteiger partial charge in [-0.25, -0.2) is 0 Å². The summed E-state index contributed by atoms with van der Waals surface area (Å²) in [6.07, 6.45) is 0.672. The molecular weight excluding hydrogens is 224 g/mol. The van der Waals surface area contributed by atoms with Gasteiger partial charge >= 0.3 is 0 Å². The van der Waals surface area contributed by atoms with Crippen LogP contribution in [0.1, 0.15) is 31.0 Å². The Hall–Kier alpha value is -0.900. The SMILES string of the molecule is CC1CN(C2CNCc3ccccc32)CC(C)O1. The van der Waals surface area contributed by atoms with Gasteiger partial charge in [-0.1, -0.05) is 24.3 Å². The molecule has 0 aromatic heterocycles. The number of nitrogens with one attached hydrogen (secondary N) is 1. The number of ether oxygens (including phenoxy) is 1. The van der Waals surface area contributed by atoms with Gasteiger partial charge in [0.1, 0.15) is 0 Å². The fourth-order valence-corrected chi connectivity index (χ4v) is 3.27. The molecule has 3 heteroatoms. The summed E-state index contributed by atoms with van der Waals surface area (Å²) in [6.45, 7) is 8.46. The normalized spacial score (nSPS) is 33.1. The lowest BCUT2D eigenvalue weighted by Gasteiger charge is -2.42. The second kappa shape index (κ2) is 5.00. The Balaban J connectivity index is 1.85. The van der Waals surface area contributed by atoms with E-state index in [2.05, 4.69) is 48.3 Å². The highest BCUT2D eigenvalue weighted by atomic mass is 16.5. The van der Waals surface area contributed by atoms with Crippen LogP contribution in [0.4, 0.5) is 0 Å². The molecule has 1 fully saturated rings. The number of benzene rings is 1. The van der Waals surface area contributed by atoms with Gasteiger partial charge in [0, 0.05) is 32.2 Å². The van der Waals surface area contributed by atoms with Crippen LogP contribution in [0.15, 0.2) is 24.3 Å². The summed E-state index contributed by atoms with van der Waals surface area (Å²) in [5.74, 6) is 0. The lowest BCUT2D eigenvalue weighted by atomic mass is 9.94. The third-order valence-corrected chi connectivity index (χ3v) is 3.96. The van der Waals surface area contributed by atoms with E-state index in [4.69, 9.17) is 4.74 Å². The molecule has 0 radical (unpaired) electrons. The molecular formula is C15H22N2O. The molecule has 2 aliphatic rings. The highest BCUT2D eigenvalue weighted by Crippen LogP contribution is 2.29. The zero-order valence-corrected chi connectivity index (χ0v) is 11.2. The van der Waals surface area contributed by atoms with Gasteiger partial charge in [0.25, 0.3) is 0 Å². The maximum absolute atomic E-state index is 5.83. The minimum atomic E-state index is 0.336. The van der Waals surface area contributed by atoms with Crippen molar-refractivity contribution in [1.29, 1.82) is 0 Å². The molecule has 18 heavy (non-hydrogen) atoms. The summed E-state index contributed by atoms with van der Waals surface area (Å²) in [7, 11) is 0. The minimum absolute atomic E-state index is 0.336. The summed E-state index contributed by atoms with van der Waals surface area (Å²) in [5.41, 5.74) is 2.94. The van der Waals surface area contributed by atoms with Crippen molar-refractivity contribution in [2.24, 2.45) is 0 Å². The predicted molar refractivity (Wildman–Crippen MR) is 72.5 cm³/mol. The standard InChI is InChI=1S/C15H22N2O/c1-11-9-17(10-12(2)18-11)15-8-16-7-13-5-3-4-6-14(13)15/h3-6,11-12,15-16H,7-10H2,1-2H3. The van der Waals surface area contributed by atoms with Crippen molar-refractivity contribution in [3.8, 4) is 0 Å². The average molecular weight is 246 g/mol. The molecule has 1 N–H and O–H groups in total. The molecule has 0 aliphatic carbocycles. The van der Waals surface area contributed by atoms with Crippen LogP contribution in [0.25, 0.3) is 0 Å². The lowest BCUT2D eigenvalue weighted by Crippen LogP contribution is -2.50. The summed E-state index contributed by atoms with van der Waals surface area (Å²) < 4.78 is 5.83. The van der Waals surface area contributed by atoms with Crippen LogP contribution in [0.2, 0.25) is 0 Å². The largest absolute Gasteiger partial charge is 0.373 e. The molecule has 0 saturated carbocycles. The summed E-state index contributed by atoms with van der Waals surface area (Å²) in [6, 6.07) is 9.31. The van der Waals surface area contributed by atoms with Crippen LogP contribution in [0, 0.1) is 0 Å². The van der Waals surface area contributed by atoms with E-state index in [1.54, 1.807) is 0 Å². The number of hydrogen-bond donors (Lipinski definition) is 1. The van der Waals surface area contributed by atoms with Crippen molar-refractivity contribution >= 4 is 0 Å². The van der Waals surface area contributed by atoms with Crippen molar-refractivity contribution < 1.29 is 4.74 Å². The maximum atomic E-state index is 5.83. The Morgan fingerprint density at radius 2 is 1.89 bits per heavy atom. The molecule has 3 nitrogen and oxygen atoms in total. The molecule has 2 aliphatic heterocycles. The van der Waals surface area contributed by atoms with E-state index in [0.717, 1.165) is 26.2 Å². The van der Waals surface area contributed by atoms with E-state index in [1.807, 2.05) is 0 Å². The van der Waals surface area contributed by atoms with Gasteiger partial charge in [-0.15, -0.1) is 0 Å². The Bertz CT molecular complexity index is 411. The van der Waals surface area contributed by atoms with Gasteiger partial charge in [-0.3, -0.25) is 4.90 Å². The number of rotatable bonds is 1. The van der Waals surface area contributed by atoms with E-state index in [0.29, 0.717) is 18.2 Å². The van der Waals surface area contributed by atoms with Crippen molar-refractivity contribution in [2.45, 2.75) is 38.6 Å². The van der Waals surface area contributed by atoms with E-state index in [9.17, 15) is 0 Å². The lowest BCUT2D eigenvalue weighted by molar-refractivity contribution is -0.0814. The molecule has 3 unspecified atom stereocenters. The number of nitrogens with zero attached hydrogens (tertiary/aromatic N) is 1. The van der Waals surface area contributed by atoms with Gasteiger partial charge < -0.3 is 10.1 Å². The fourth-order valence-electron chi connectivity index (χ4n) is 3.27. The highest BCUT2D eigenvalue weighted by Gasteiger charge is 2.31. The van der Waals surface area contributed by atoms with Crippen molar-refractivity contribution in [3.05, 3.63) is 35.4 Å². The topological polar surface area (TPSA) is 24.5 Å². The Kier molecular flexibility index (Phi) is 3.37. The van der Waals surface area contributed by atoms with Crippen LogP contribution in [0.5, 0.6) is 0 Å². The first-order valence-corrected chi connectivity index (χ1v) is 6.92. The van der Waals surface area contributed by atoms with Crippen molar-refractivity contribution in [1.82, 2.24) is 10.2 Å². The maximum Gasteiger partial charge on any atom is 0.0678 e. The predicted octanol–water partition coefficient (Wildman–Crippen LogP) is 1.94. The first kappa shape index (κ1) is 12.2. The van der Waals surface area contributed by atoms with Crippen molar-refractivity contribution in [3.63, 3.8) is 0 Å². The smallest absolute Gasteiger partial charge is 0.0678 e. The second-order valence-corrected chi connectivity index (χ2v) is 5.56. The van der Waals surface area contributed by atoms with Gasteiger partial charge in [-0.2, -0.15) is 0 Å². The molecule has 98 valence electrons. The first-order chi connectivity index (χ1) is 8.74. The van der Waals surface area contributed by atoms with Gasteiger partial charge in [0.2, 0.25) is 0 Å². The van der Waals surface area contributed by atoms with E-state index in [1.165, 1.54) is 11.1 Å². The molecule has 3 atom stereocenters. The van der Waals surface area contributed by atoms with Crippen LogP contribution < -0.4 is 5.32 Å². The Morgan fingerprint density at radius 1 is 1.17 bits per heavy atom. The van der Waals surface area contributed by atoms with Crippen LogP contribution >= 0.6 is 0 Å². The molecule has 0 amide bonds. The summed E-state index contributed by atoms with van der Waals surface area (Å²) in [4.78, 5) is 2.57. The Morgan fingerprint density at radius 3 is 2.67 bits per heavy atom. The first-order valence-electron chi connectivity index (χ1n) is 6.92. The molecule has 1 aromatic carbocycles. The molecule has 0 bridgehead atoms. The quantitative estimate of drug-likeness (QED) is 0.819. The molecule has 0 spiro atoms. The second-order valence-electron chi connectivity index (χ2n) is 5.56. The zero-order chi connectivity index (χ0) is 12.5. The Labute approximate surface area is 109 Å². The average Bonchev–Trinajstić information content (AvgIpc) is 2.37. The van der Waals surface area contributed by atoms with E-state index >= 15 is 0 Å². The van der Waals surface area contributed by atoms with E-state index < -0.39 is 0 Å². The highest BCUT2D eigenvalue weighted by molar-refractivity contribution is 5.32. The molecule has 1 aromatic rings. The number of hydrogen-bond acceptors (Lipinski definition) is 3. The van der Waals surface area contributed by atoms with Gasteiger partial charge in [0.15, 0.2) is 0 Å². The van der Waals surface area contributed by atoms with Gasteiger partial charge in [-0.05, 0) is 25.0 Å². The van der Waals surface area contributed by atoms with Crippen molar-refractivity contribution in [2.75, 3.05) is 19.6 Å². The third-order valence-electron chi connectivity index (χ3n) is 3.96. The fraction of sp³-hybridized carbons (Fsp3) is 0.600. The molecule has 2 heterocycles. The monoisotopic (exact) mass is 246 g/mol. The summed E-state index contributed by atoms with van der Waals surface area (Å²) in [5, 5.41) is 3.54. The molecule has 1 saturated heterocycles. The summed E-state index contributed by atoms with van der Waals surface area (Å²) >= 11 is 0. The van der Waals surface area contributed by atoms with E-state index in [-0.39, 0.29) is 0 Å². The molecule has 3 rings (SSSR count). The van der Waals surface area contributed by atoms with Crippen LogP contribution in [0.3, 0.4) is 0 Å². The van der Waals surface area contributed by atoms with Crippen LogP contribution in [-0.4, -0.2) is 36.7 Å². The van der Waals surface area contributed by atoms with Crippen LogP contribution in [-0.2, 0) is 11.3 Å². The number of fused-ring (bicyclic) bond motifs is 1. The zero-order valence-electron chi connectivity index (χ0n) is 11.2. The third kappa shape index (κ3) is 2.30.